The molecule has 1 atom stereocenters. The van der Waals surface area contributed by atoms with Crippen molar-refractivity contribution in [1.82, 2.24) is 9.36 Å². The molecular formula is C17H21N3O3. The summed E-state index contributed by atoms with van der Waals surface area (Å²) in [5, 5.41) is 9.50. The minimum Gasteiger partial charge on any atom is -0.504 e. The number of allylic oxidation sites excluding steroid dienone is 5. The Kier molecular flexibility index (Phi) is 4.83. The van der Waals surface area contributed by atoms with Crippen LogP contribution in [-0.4, -0.2) is 26.0 Å². The van der Waals surface area contributed by atoms with Gasteiger partial charge in [-0.3, -0.25) is 14.3 Å². The van der Waals surface area contributed by atoms with Crippen LogP contribution in [0.1, 0.15) is 32.0 Å². The van der Waals surface area contributed by atoms with E-state index in [4.69, 9.17) is 0 Å². The summed E-state index contributed by atoms with van der Waals surface area (Å²) < 4.78 is 3.45. The van der Waals surface area contributed by atoms with Gasteiger partial charge in [0.2, 0.25) is 5.78 Å². The summed E-state index contributed by atoms with van der Waals surface area (Å²) in [5.74, 6) is -0.842. The Morgan fingerprint density at radius 1 is 1.35 bits per heavy atom. The summed E-state index contributed by atoms with van der Waals surface area (Å²) in [7, 11) is 1.82. The summed E-state index contributed by atoms with van der Waals surface area (Å²) >= 11 is 0. The molecule has 0 aromatic carbocycles. The van der Waals surface area contributed by atoms with Crippen LogP contribution >= 0.6 is 0 Å². The molecule has 0 saturated heterocycles. The van der Waals surface area contributed by atoms with E-state index >= 15 is 0 Å². The number of hydrogen-bond acceptors (Lipinski definition) is 4. The summed E-state index contributed by atoms with van der Waals surface area (Å²) in [5.41, 5.74) is 1.22. The highest BCUT2D eigenvalue weighted by Gasteiger charge is 2.19. The molecule has 6 nitrogen and oxygen atoms in total. The first-order chi connectivity index (χ1) is 10.9. The fourth-order valence-corrected chi connectivity index (χ4v) is 2.53. The van der Waals surface area contributed by atoms with Crippen LogP contribution in [0.3, 0.4) is 0 Å². The zero-order valence-electron chi connectivity index (χ0n) is 13.8. The molecule has 1 aromatic heterocycles. The third kappa shape index (κ3) is 3.11. The highest BCUT2D eigenvalue weighted by atomic mass is 16.3. The number of hydrogen-bond donors (Lipinski definition) is 1. The lowest BCUT2D eigenvalue weighted by Crippen LogP contribution is -2.25. The van der Waals surface area contributed by atoms with E-state index in [1.807, 2.05) is 40.0 Å². The maximum atomic E-state index is 12.7. The van der Waals surface area contributed by atoms with Crippen molar-refractivity contribution in [3.8, 4) is 0 Å². The molecule has 1 aliphatic rings. The van der Waals surface area contributed by atoms with Crippen LogP contribution < -0.4 is 5.56 Å². The minimum absolute atomic E-state index is 0.0439. The molecule has 0 amide bonds. The van der Waals surface area contributed by atoms with Crippen LogP contribution in [0.2, 0.25) is 0 Å². The van der Waals surface area contributed by atoms with Crippen molar-refractivity contribution in [2.75, 3.05) is 0 Å². The van der Waals surface area contributed by atoms with Gasteiger partial charge in [0.05, 0.1) is 17.4 Å². The van der Waals surface area contributed by atoms with Crippen LogP contribution in [0.15, 0.2) is 45.9 Å². The third-order valence-electron chi connectivity index (χ3n) is 3.89. The van der Waals surface area contributed by atoms with Gasteiger partial charge in [-0.1, -0.05) is 19.1 Å². The minimum atomic E-state index is -0.467. The molecule has 0 aliphatic heterocycles. The summed E-state index contributed by atoms with van der Waals surface area (Å²) in [6.45, 7) is 5.75. The van der Waals surface area contributed by atoms with Crippen LogP contribution in [0.25, 0.3) is 0 Å². The van der Waals surface area contributed by atoms with Crippen molar-refractivity contribution in [1.29, 1.82) is 0 Å². The SMILES string of the molecule is C/C=C\C(CC)n1c(=O)c(/N=C2/C=CC(=O)C(O)=C2)c(C)n1C. The van der Waals surface area contributed by atoms with Gasteiger partial charge in [-0.25, -0.2) is 9.67 Å². The van der Waals surface area contributed by atoms with Crippen LogP contribution in [-0.2, 0) is 11.8 Å². The molecule has 0 saturated carbocycles. The summed E-state index contributed by atoms with van der Waals surface area (Å²) in [6, 6.07) is -0.0439. The Balaban J connectivity index is 2.56. The number of aliphatic imine (C=N–C) groups is 1. The maximum Gasteiger partial charge on any atom is 0.293 e. The molecule has 0 radical (unpaired) electrons. The first-order valence-corrected chi connectivity index (χ1v) is 7.53. The lowest BCUT2D eigenvalue weighted by molar-refractivity contribution is -0.113. The summed E-state index contributed by atoms with van der Waals surface area (Å²) in [4.78, 5) is 28.3. The number of carbonyl (C=O) groups excluding carboxylic acids is 1. The molecule has 2 rings (SSSR count). The monoisotopic (exact) mass is 315 g/mol. The lowest BCUT2D eigenvalue weighted by Gasteiger charge is -2.15. The second-order valence-electron chi connectivity index (χ2n) is 5.37. The fourth-order valence-electron chi connectivity index (χ4n) is 2.53. The van der Waals surface area contributed by atoms with Crippen molar-refractivity contribution in [3.63, 3.8) is 0 Å². The van der Waals surface area contributed by atoms with Gasteiger partial charge in [-0.15, -0.1) is 0 Å². The maximum absolute atomic E-state index is 12.7. The van der Waals surface area contributed by atoms with Gasteiger partial charge in [-0.2, -0.15) is 0 Å². The van der Waals surface area contributed by atoms with Gasteiger partial charge in [0.15, 0.2) is 11.4 Å². The van der Waals surface area contributed by atoms with E-state index in [0.717, 1.165) is 12.1 Å². The fraction of sp³-hybridized carbons (Fsp3) is 0.353. The zero-order chi connectivity index (χ0) is 17.1. The first kappa shape index (κ1) is 16.7. The molecule has 1 heterocycles. The average molecular weight is 315 g/mol. The van der Waals surface area contributed by atoms with E-state index in [0.29, 0.717) is 11.4 Å². The first-order valence-electron chi connectivity index (χ1n) is 7.53. The van der Waals surface area contributed by atoms with E-state index in [1.54, 1.807) is 9.36 Å². The molecule has 0 fully saturated rings. The second kappa shape index (κ2) is 6.64. The van der Waals surface area contributed by atoms with E-state index in [2.05, 4.69) is 4.99 Å². The highest BCUT2D eigenvalue weighted by Crippen LogP contribution is 2.20. The molecule has 0 bridgehead atoms. The van der Waals surface area contributed by atoms with Crippen molar-refractivity contribution in [2.45, 2.75) is 33.2 Å². The molecule has 1 aromatic rings. The standard InChI is InChI=1S/C17H21N3O3/c1-5-7-13(6-2)20-17(23)16(11(3)19(20)4)18-12-8-9-14(21)15(22)10-12/h5,7-10,13,22H,6H2,1-4H3/b7-5-,18-12-. The average Bonchev–Trinajstić information content (AvgIpc) is 2.73. The largest absolute Gasteiger partial charge is 0.504 e. The zero-order valence-corrected chi connectivity index (χ0v) is 13.8. The Hall–Kier alpha value is -2.63. The molecular weight excluding hydrogens is 294 g/mol. The predicted molar refractivity (Wildman–Crippen MR) is 90.5 cm³/mol. The number of aromatic nitrogens is 2. The Labute approximate surface area is 134 Å². The van der Waals surface area contributed by atoms with Gasteiger partial charge in [0.25, 0.3) is 5.56 Å². The van der Waals surface area contributed by atoms with Crippen LogP contribution in [0.5, 0.6) is 0 Å². The van der Waals surface area contributed by atoms with Gasteiger partial charge in [-0.05, 0) is 32.4 Å². The van der Waals surface area contributed by atoms with Crippen molar-refractivity contribution in [3.05, 3.63) is 52.2 Å². The smallest absolute Gasteiger partial charge is 0.293 e. The Morgan fingerprint density at radius 3 is 2.61 bits per heavy atom. The van der Waals surface area contributed by atoms with E-state index in [-0.39, 0.29) is 17.4 Å². The second-order valence-corrected chi connectivity index (χ2v) is 5.37. The van der Waals surface area contributed by atoms with E-state index in [1.165, 1.54) is 18.2 Å². The molecule has 1 N–H and O–H groups in total. The number of aliphatic hydroxyl groups excluding tert-OH is 1. The van der Waals surface area contributed by atoms with Crippen molar-refractivity contribution in [2.24, 2.45) is 12.0 Å². The summed E-state index contributed by atoms with van der Waals surface area (Å²) in [6.07, 6.45) is 8.67. The van der Waals surface area contributed by atoms with Crippen LogP contribution in [0.4, 0.5) is 5.69 Å². The molecule has 0 spiro atoms. The number of aliphatic hydroxyl groups is 1. The van der Waals surface area contributed by atoms with Crippen molar-refractivity contribution < 1.29 is 9.90 Å². The van der Waals surface area contributed by atoms with E-state index in [9.17, 15) is 14.7 Å². The lowest BCUT2D eigenvalue weighted by atomic mass is 10.1. The number of nitrogens with zero attached hydrogens (tertiary/aromatic N) is 3. The molecule has 23 heavy (non-hydrogen) atoms. The Bertz CT molecular complexity index is 804. The van der Waals surface area contributed by atoms with Gasteiger partial charge < -0.3 is 5.11 Å². The van der Waals surface area contributed by atoms with Gasteiger partial charge >= 0.3 is 0 Å². The highest BCUT2D eigenvalue weighted by molar-refractivity contribution is 6.18. The van der Waals surface area contributed by atoms with Crippen molar-refractivity contribution >= 4 is 17.2 Å². The number of rotatable bonds is 4. The Morgan fingerprint density at radius 2 is 2.04 bits per heavy atom. The van der Waals surface area contributed by atoms with Crippen LogP contribution in [0, 0.1) is 6.92 Å². The predicted octanol–water partition coefficient (Wildman–Crippen LogP) is 2.68. The molecule has 1 aliphatic carbocycles. The van der Waals surface area contributed by atoms with Gasteiger partial charge in [0, 0.05) is 13.1 Å². The number of carbonyl (C=O) groups is 1. The molecule has 122 valence electrons. The quantitative estimate of drug-likeness (QED) is 0.685. The normalized spacial score (nSPS) is 18.0. The van der Waals surface area contributed by atoms with Gasteiger partial charge in [0.1, 0.15) is 0 Å². The van der Waals surface area contributed by atoms with E-state index < -0.39 is 5.78 Å². The molecule has 6 heteroatoms. The molecule has 1 unspecified atom stereocenters. The third-order valence-corrected chi connectivity index (χ3v) is 3.89. The number of ketones is 1. The topological polar surface area (TPSA) is 76.6 Å².